The van der Waals surface area contributed by atoms with Crippen LogP contribution in [0.1, 0.15) is 48.0 Å². The standard InChI is InChI=1S/C16H22N2O3/c17-14(16(20)21)10-11-6-8-12(9-7-11)15(19)18-13-4-2-1-3-5-13/h6-9,13-14H,1-5,10,17H2,(H,18,19)(H,20,21)/t14-/m0/s1. The molecule has 1 fully saturated rings. The fourth-order valence-electron chi connectivity index (χ4n) is 2.65. The van der Waals surface area contributed by atoms with E-state index in [0.29, 0.717) is 5.56 Å². The highest BCUT2D eigenvalue weighted by molar-refractivity contribution is 5.94. The Balaban J connectivity index is 1.91. The average Bonchev–Trinajstić information content (AvgIpc) is 2.48. The fourth-order valence-corrected chi connectivity index (χ4v) is 2.65. The number of nitrogens with one attached hydrogen (secondary N) is 1. The normalized spacial score (nSPS) is 17.2. The Labute approximate surface area is 124 Å². The molecule has 0 spiro atoms. The van der Waals surface area contributed by atoms with Crippen molar-refractivity contribution < 1.29 is 14.7 Å². The lowest BCUT2D eigenvalue weighted by atomic mass is 9.95. The van der Waals surface area contributed by atoms with Crippen molar-refractivity contribution in [1.29, 1.82) is 0 Å². The van der Waals surface area contributed by atoms with Gasteiger partial charge in [-0.3, -0.25) is 9.59 Å². The van der Waals surface area contributed by atoms with Crippen LogP contribution in [0.5, 0.6) is 0 Å². The van der Waals surface area contributed by atoms with Crippen LogP contribution in [0.3, 0.4) is 0 Å². The second kappa shape index (κ2) is 7.22. The zero-order valence-corrected chi connectivity index (χ0v) is 12.0. The molecule has 5 nitrogen and oxygen atoms in total. The molecule has 21 heavy (non-hydrogen) atoms. The topological polar surface area (TPSA) is 92.4 Å². The lowest BCUT2D eigenvalue weighted by molar-refractivity contribution is -0.138. The first kappa shape index (κ1) is 15.5. The maximum absolute atomic E-state index is 12.1. The third-order valence-electron chi connectivity index (χ3n) is 3.93. The first-order valence-electron chi connectivity index (χ1n) is 7.44. The smallest absolute Gasteiger partial charge is 0.320 e. The van der Waals surface area contributed by atoms with Crippen LogP contribution in [0.25, 0.3) is 0 Å². The molecule has 2 rings (SSSR count). The molecule has 1 aromatic carbocycles. The summed E-state index contributed by atoms with van der Waals surface area (Å²) in [4.78, 5) is 22.8. The van der Waals surface area contributed by atoms with E-state index in [-0.39, 0.29) is 18.4 Å². The lowest BCUT2D eigenvalue weighted by Crippen LogP contribution is -2.36. The van der Waals surface area contributed by atoms with Crippen molar-refractivity contribution >= 4 is 11.9 Å². The van der Waals surface area contributed by atoms with Gasteiger partial charge in [-0.1, -0.05) is 31.4 Å². The van der Waals surface area contributed by atoms with Crippen molar-refractivity contribution in [3.8, 4) is 0 Å². The number of aliphatic carboxylic acids is 1. The van der Waals surface area contributed by atoms with Gasteiger partial charge in [-0.05, 0) is 37.0 Å². The Bertz CT molecular complexity index is 493. The van der Waals surface area contributed by atoms with Crippen molar-refractivity contribution in [3.63, 3.8) is 0 Å². The van der Waals surface area contributed by atoms with Crippen LogP contribution in [-0.4, -0.2) is 29.1 Å². The highest BCUT2D eigenvalue weighted by Crippen LogP contribution is 2.18. The number of carbonyl (C=O) groups is 2. The fraction of sp³-hybridized carbons (Fsp3) is 0.500. The van der Waals surface area contributed by atoms with E-state index in [4.69, 9.17) is 10.8 Å². The van der Waals surface area contributed by atoms with Gasteiger partial charge in [0.2, 0.25) is 0 Å². The van der Waals surface area contributed by atoms with E-state index >= 15 is 0 Å². The van der Waals surface area contributed by atoms with Gasteiger partial charge in [-0.25, -0.2) is 0 Å². The quantitative estimate of drug-likeness (QED) is 0.769. The number of carbonyl (C=O) groups excluding carboxylic acids is 1. The molecule has 0 heterocycles. The van der Waals surface area contributed by atoms with Crippen molar-refractivity contribution in [2.45, 2.75) is 50.6 Å². The number of hydrogen-bond donors (Lipinski definition) is 3. The zero-order chi connectivity index (χ0) is 15.2. The van der Waals surface area contributed by atoms with Crippen molar-refractivity contribution in [1.82, 2.24) is 5.32 Å². The Morgan fingerprint density at radius 3 is 2.38 bits per heavy atom. The Hall–Kier alpha value is -1.88. The molecular weight excluding hydrogens is 268 g/mol. The van der Waals surface area contributed by atoms with E-state index in [1.165, 1.54) is 19.3 Å². The molecule has 1 aliphatic carbocycles. The molecule has 1 atom stereocenters. The van der Waals surface area contributed by atoms with Crippen molar-refractivity contribution in [2.24, 2.45) is 5.73 Å². The van der Waals surface area contributed by atoms with Crippen molar-refractivity contribution in [2.75, 3.05) is 0 Å². The third kappa shape index (κ3) is 4.56. The molecule has 1 aliphatic rings. The number of nitrogens with two attached hydrogens (primary N) is 1. The predicted octanol–water partition coefficient (Wildman–Crippen LogP) is 1.70. The van der Waals surface area contributed by atoms with Crippen LogP contribution in [-0.2, 0) is 11.2 Å². The zero-order valence-electron chi connectivity index (χ0n) is 12.0. The van der Waals surface area contributed by atoms with Gasteiger partial charge >= 0.3 is 5.97 Å². The van der Waals surface area contributed by atoms with E-state index < -0.39 is 12.0 Å². The maximum atomic E-state index is 12.1. The van der Waals surface area contributed by atoms with Gasteiger partial charge in [0.1, 0.15) is 6.04 Å². The second-order valence-electron chi connectivity index (χ2n) is 5.65. The highest BCUT2D eigenvalue weighted by atomic mass is 16.4. The van der Waals surface area contributed by atoms with Gasteiger partial charge in [0.15, 0.2) is 0 Å². The van der Waals surface area contributed by atoms with Crippen molar-refractivity contribution in [3.05, 3.63) is 35.4 Å². The number of rotatable bonds is 5. The molecule has 1 amide bonds. The van der Waals surface area contributed by atoms with E-state index in [2.05, 4.69) is 5.32 Å². The predicted molar refractivity (Wildman–Crippen MR) is 80.1 cm³/mol. The summed E-state index contributed by atoms with van der Waals surface area (Å²) in [5, 5.41) is 11.8. The lowest BCUT2D eigenvalue weighted by Gasteiger charge is -2.22. The largest absolute Gasteiger partial charge is 0.480 e. The van der Waals surface area contributed by atoms with Gasteiger partial charge in [-0.15, -0.1) is 0 Å². The summed E-state index contributed by atoms with van der Waals surface area (Å²) in [5.41, 5.74) is 6.91. The number of carboxylic acid groups (broad SMARTS) is 1. The summed E-state index contributed by atoms with van der Waals surface area (Å²) < 4.78 is 0. The van der Waals surface area contributed by atoms with Gasteiger partial charge < -0.3 is 16.2 Å². The molecule has 0 aliphatic heterocycles. The van der Waals surface area contributed by atoms with Gasteiger partial charge in [0.25, 0.3) is 5.91 Å². The van der Waals surface area contributed by atoms with Crippen LogP contribution >= 0.6 is 0 Å². The van der Waals surface area contributed by atoms with Gasteiger partial charge in [-0.2, -0.15) is 0 Å². The molecule has 4 N–H and O–H groups in total. The summed E-state index contributed by atoms with van der Waals surface area (Å²) in [7, 11) is 0. The van der Waals surface area contributed by atoms with Gasteiger partial charge in [0, 0.05) is 11.6 Å². The van der Waals surface area contributed by atoms with E-state index in [9.17, 15) is 9.59 Å². The molecule has 1 aromatic rings. The minimum Gasteiger partial charge on any atom is -0.480 e. The summed E-state index contributed by atoms with van der Waals surface area (Å²) in [6.07, 6.45) is 5.98. The van der Waals surface area contributed by atoms with Crippen LogP contribution < -0.4 is 11.1 Å². The monoisotopic (exact) mass is 290 g/mol. The average molecular weight is 290 g/mol. The molecule has 0 radical (unpaired) electrons. The third-order valence-corrected chi connectivity index (χ3v) is 3.93. The second-order valence-corrected chi connectivity index (χ2v) is 5.65. The minimum atomic E-state index is -1.02. The van der Waals surface area contributed by atoms with Crippen LogP contribution in [0.15, 0.2) is 24.3 Å². The summed E-state index contributed by atoms with van der Waals surface area (Å²) in [6, 6.07) is 6.35. The van der Waals surface area contributed by atoms with Crippen LogP contribution in [0.4, 0.5) is 0 Å². The van der Waals surface area contributed by atoms with Crippen LogP contribution in [0, 0.1) is 0 Å². The van der Waals surface area contributed by atoms with E-state index in [0.717, 1.165) is 18.4 Å². The molecule has 0 saturated heterocycles. The SMILES string of the molecule is N[C@@H](Cc1ccc(C(=O)NC2CCCCC2)cc1)C(=O)O. The van der Waals surface area contributed by atoms with Gasteiger partial charge in [0.05, 0.1) is 0 Å². The molecule has 0 unspecified atom stereocenters. The Kier molecular flexibility index (Phi) is 5.33. The molecule has 0 bridgehead atoms. The molecule has 0 aromatic heterocycles. The molecule has 5 heteroatoms. The Morgan fingerprint density at radius 2 is 1.81 bits per heavy atom. The summed E-state index contributed by atoms with van der Waals surface area (Å²) >= 11 is 0. The highest BCUT2D eigenvalue weighted by Gasteiger charge is 2.17. The number of hydrogen-bond acceptors (Lipinski definition) is 3. The molecule has 114 valence electrons. The summed E-state index contributed by atoms with van der Waals surface area (Å²) in [5.74, 6) is -1.08. The number of carboxylic acids is 1. The van der Waals surface area contributed by atoms with Crippen LogP contribution in [0.2, 0.25) is 0 Å². The summed E-state index contributed by atoms with van der Waals surface area (Å²) in [6.45, 7) is 0. The first-order chi connectivity index (χ1) is 10.1. The number of amides is 1. The minimum absolute atomic E-state index is 0.0593. The Morgan fingerprint density at radius 1 is 1.19 bits per heavy atom. The maximum Gasteiger partial charge on any atom is 0.320 e. The van der Waals surface area contributed by atoms with E-state index in [1.807, 2.05) is 0 Å². The first-order valence-corrected chi connectivity index (χ1v) is 7.44. The number of benzene rings is 1. The van der Waals surface area contributed by atoms with E-state index in [1.54, 1.807) is 24.3 Å². The molecular formula is C16H22N2O3. The molecule has 1 saturated carbocycles.